The van der Waals surface area contributed by atoms with Crippen molar-refractivity contribution < 1.29 is 4.79 Å². The molecule has 1 rings (SSSR count). The van der Waals surface area contributed by atoms with Gasteiger partial charge in [-0.15, -0.1) is 0 Å². The van der Waals surface area contributed by atoms with Gasteiger partial charge in [0.25, 0.3) is 0 Å². The van der Waals surface area contributed by atoms with Gasteiger partial charge in [0.1, 0.15) is 0 Å². The van der Waals surface area contributed by atoms with Gasteiger partial charge < -0.3 is 11.1 Å². The highest BCUT2D eigenvalue weighted by Gasteiger charge is 2.45. The van der Waals surface area contributed by atoms with Crippen LogP contribution in [0.2, 0.25) is 0 Å². The maximum Gasteiger partial charge on any atom is 0.237 e. The van der Waals surface area contributed by atoms with E-state index in [4.69, 9.17) is 5.73 Å². The van der Waals surface area contributed by atoms with Gasteiger partial charge in [-0.2, -0.15) is 0 Å². The summed E-state index contributed by atoms with van der Waals surface area (Å²) in [5.74, 6) is 0.843. The van der Waals surface area contributed by atoms with E-state index in [1.54, 1.807) is 0 Å². The highest BCUT2D eigenvalue weighted by molar-refractivity contribution is 5.81. The van der Waals surface area contributed by atoms with Crippen LogP contribution in [0.15, 0.2) is 0 Å². The zero-order chi connectivity index (χ0) is 10.9. The van der Waals surface area contributed by atoms with E-state index in [1.807, 2.05) is 13.8 Å². The molecule has 0 radical (unpaired) electrons. The minimum Gasteiger partial charge on any atom is -0.354 e. The first-order chi connectivity index (χ1) is 6.34. The van der Waals surface area contributed by atoms with E-state index < -0.39 is 0 Å². The molecule has 82 valence electrons. The number of hydrogen-bond donors (Lipinski definition) is 2. The van der Waals surface area contributed by atoms with Gasteiger partial charge in [0.05, 0.1) is 6.04 Å². The van der Waals surface area contributed by atoms with E-state index in [1.165, 1.54) is 6.42 Å². The highest BCUT2D eigenvalue weighted by atomic mass is 16.2. The van der Waals surface area contributed by atoms with Crippen molar-refractivity contribution in [1.29, 1.82) is 0 Å². The topological polar surface area (TPSA) is 55.1 Å². The standard InChI is InChI=1S/C11H22N2O/c1-7(2)9(12)10(14)13-6-8-5-11(8,3)4/h7-9H,5-6,12H2,1-4H3,(H,13,14)/t8?,9-/m0/s1. The van der Waals surface area contributed by atoms with Crippen molar-refractivity contribution >= 4 is 5.91 Å². The van der Waals surface area contributed by atoms with Crippen LogP contribution in [0.1, 0.15) is 34.1 Å². The maximum atomic E-state index is 11.5. The fraction of sp³-hybridized carbons (Fsp3) is 0.909. The molecule has 1 amide bonds. The largest absolute Gasteiger partial charge is 0.354 e. The molecule has 0 heterocycles. The van der Waals surface area contributed by atoms with Gasteiger partial charge in [0.2, 0.25) is 5.91 Å². The summed E-state index contributed by atoms with van der Waals surface area (Å²) in [4.78, 5) is 11.5. The van der Waals surface area contributed by atoms with E-state index >= 15 is 0 Å². The number of carbonyl (C=O) groups is 1. The summed E-state index contributed by atoms with van der Waals surface area (Å²) in [5, 5.41) is 2.92. The summed E-state index contributed by atoms with van der Waals surface area (Å²) in [6.07, 6.45) is 1.21. The third-order valence-electron chi connectivity index (χ3n) is 3.26. The molecule has 0 spiro atoms. The zero-order valence-electron chi connectivity index (χ0n) is 9.63. The predicted octanol–water partition coefficient (Wildman–Crippen LogP) is 1.13. The van der Waals surface area contributed by atoms with E-state index in [9.17, 15) is 4.79 Å². The third-order valence-corrected chi connectivity index (χ3v) is 3.26. The molecule has 1 unspecified atom stereocenters. The second-order valence-electron chi connectivity index (χ2n) is 5.40. The molecule has 1 fully saturated rings. The number of amides is 1. The minimum atomic E-state index is -0.364. The zero-order valence-corrected chi connectivity index (χ0v) is 9.63. The molecule has 3 nitrogen and oxygen atoms in total. The number of nitrogens with two attached hydrogens (primary N) is 1. The average Bonchev–Trinajstić information content (AvgIpc) is 2.68. The summed E-state index contributed by atoms with van der Waals surface area (Å²) >= 11 is 0. The van der Waals surface area contributed by atoms with Crippen LogP contribution in [0.5, 0.6) is 0 Å². The molecule has 0 aromatic rings. The molecule has 1 aliphatic rings. The molecule has 0 aromatic carbocycles. The van der Waals surface area contributed by atoms with Crippen molar-refractivity contribution in [2.45, 2.75) is 40.2 Å². The van der Waals surface area contributed by atoms with E-state index in [2.05, 4.69) is 19.2 Å². The van der Waals surface area contributed by atoms with Gasteiger partial charge in [-0.05, 0) is 23.7 Å². The molecule has 14 heavy (non-hydrogen) atoms. The summed E-state index contributed by atoms with van der Waals surface area (Å²) in [5.41, 5.74) is 6.15. The first-order valence-electron chi connectivity index (χ1n) is 5.38. The SMILES string of the molecule is CC(C)[C@H](N)C(=O)NCC1CC1(C)C. The molecule has 0 aromatic heterocycles. The molecule has 3 N–H and O–H groups in total. The Balaban J connectivity index is 2.22. The Hall–Kier alpha value is -0.570. The molecule has 0 saturated heterocycles. The van der Waals surface area contributed by atoms with Gasteiger partial charge in [-0.1, -0.05) is 27.7 Å². The monoisotopic (exact) mass is 198 g/mol. The van der Waals surface area contributed by atoms with Gasteiger partial charge in [0.15, 0.2) is 0 Å². The third kappa shape index (κ3) is 2.71. The second kappa shape index (κ2) is 3.89. The Morgan fingerprint density at radius 2 is 2.07 bits per heavy atom. The Bertz CT molecular complexity index is 223. The van der Waals surface area contributed by atoms with Crippen LogP contribution in [-0.2, 0) is 4.79 Å². The first kappa shape index (κ1) is 11.5. The lowest BCUT2D eigenvalue weighted by atomic mass is 10.0. The van der Waals surface area contributed by atoms with E-state index in [-0.39, 0.29) is 17.9 Å². The highest BCUT2D eigenvalue weighted by Crippen LogP contribution is 2.50. The molecule has 1 aliphatic carbocycles. The lowest BCUT2D eigenvalue weighted by Crippen LogP contribution is -2.44. The molecule has 0 aliphatic heterocycles. The minimum absolute atomic E-state index is 0.0114. The summed E-state index contributed by atoms with van der Waals surface area (Å²) in [7, 11) is 0. The van der Waals surface area contributed by atoms with Crippen molar-refractivity contribution in [1.82, 2.24) is 5.32 Å². The second-order valence-corrected chi connectivity index (χ2v) is 5.40. The van der Waals surface area contributed by atoms with Gasteiger partial charge in [-0.3, -0.25) is 4.79 Å². The molecule has 0 bridgehead atoms. The van der Waals surface area contributed by atoms with Crippen LogP contribution < -0.4 is 11.1 Å². The molecular formula is C11H22N2O. The summed E-state index contributed by atoms with van der Waals surface area (Å²) < 4.78 is 0. The number of nitrogens with one attached hydrogen (secondary N) is 1. The average molecular weight is 198 g/mol. The number of rotatable bonds is 4. The predicted molar refractivity (Wildman–Crippen MR) is 57.7 cm³/mol. The van der Waals surface area contributed by atoms with Crippen molar-refractivity contribution in [2.24, 2.45) is 23.0 Å². The van der Waals surface area contributed by atoms with E-state index in [0.717, 1.165) is 6.54 Å². The first-order valence-corrected chi connectivity index (χ1v) is 5.38. The van der Waals surface area contributed by atoms with Crippen molar-refractivity contribution in [3.05, 3.63) is 0 Å². The Labute approximate surface area is 86.4 Å². The van der Waals surface area contributed by atoms with Gasteiger partial charge in [0, 0.05) is 6.54 Å². The molecule has 2 atom stereocenters. The van der Waals surface area contributed by atoms with Crippen LogP contribution in [0.3, 0.4) is 0 Å². The molecule has 3 heteroatoms. The normalized spacial score (nSPS) is 26.0. The van der Waals surface area contributed by atoms with Gasteiger partial charge in [-0.25, -0.2) is 0 Å². The van der Waals surface area contributed by atoms with Crippen LogP contribution >= 0.6 is 0 Å². The van der Waals surface area contributed by atoms with Gasteiger partial charge >= 0.3 is 0 Å². The maximum absolute atomic E-state index is 11.5. The Kier molecular flexibility index (Phi) is 3.20. The summed E-state index contributed by atoms with van der Waals surface area (Å²) in [6, 6.07) is -0.364. The van der Waals surface area contributed by atoms with Crippen molar-refractivity contribution in [3.8, 4) is 0 Å². The van der Waals surface area contributed by atoms with Crippen molar-refractivity contribution in [3.63, 3.8) is 0 Å². The molecular weight excluding hydrogens is 176 g/mol. The van der Waals surface area contributed by atoms with Crippen molar-refractivity contribution in [2.75, 3.05) is 6.54 Å². The fourth-order valence-electron chi connectivity index (χ4n) is 1.57. The van der Waals surface area contributed by atoms with E-state index in [0.29, 0.717) is 11.3 Å². The summed E-state index contributed by atoms with van der Waals surface area (Å²) in [6.45, 7) is 9.17. The van der Waals surface area contributed by atoms with Crippen LogP contribution in [0.4, 0.5) is 0 Å². The lowest BCUT2D eigenvalue weighted by Gasteiger charge is -2.15. The van der Waals surface area contributed by atoms with Crippen LogP contribution in [-0.4, -0.2) is 18.5 Å². The number of hydrogen-bond acceptors (Lipinski definition) is 2. The quantitative estimate of drug-likeness (QED) is 0.711. The smallest absolute Gasteiger partial charge is 0.237 e. The van der Waals surface area contributed by atoms with Crippen LogP contribution in [0, 0.1) is 17.3 Å². The lowest BCUT2D eigenvalue weighted by molar-refractivity contribution is -0.123. The molecule has 1 saturated carbocycles. The number of carbonyl (C=O) groups excluding carboxylic acids is 1. The van der Waals surface area contributed by atoms with Crippen LogP contribution in [0.25, 0.3) is 0 Å². The Morgan fingerprint density at radius 3 is 2.43 bits per heavy atom. The fourth-order valence-corrected chi connectivity index (χ4v) is 1.57. The Morgan fingerprint density at radius 1 is 1.57 bits per heavy atom.